The summed E-state index contributed by atoms with van der Waals surface area (Å²) in [5, 5.41) is 3.15. The molecular weight excluding hydrogens is 359 g/mol. The Morgan fingerprint density at radius 1 is 1.09 bits per heavy atom. The lowest BCUT2D eigenvalue weighted by Gasteiger charge is -2.12. The number of halogens is 2. The smallest absolute Gasteiger partial charge is 0.255 e. The minimum absolute atomic E-state index is 0.0346. The van der Waals surface area contributed by atoms with Crippen LogP contribution in [0.3, 0.4) is 0 Å². The zero-order valence-corrected chi connectivity index (χ0v) is 14.7. The van der Waals surface area contributed by atoms with Crippen LogP contribution in [0, 0.1) is 0 Å². The predicted molar refractivity (Wildman–Crippen MR) is 91.7 cm³/mol. The number of hydrogen-bond acceptors (Lipinski definition) is 3. The van der Waals surface area contributed by atoms with Crippen LogP contribution in [0.15, 0.2) is 47.4 Å². The number of benzene rings is 2. The maximum absolute atomic E-state index is 12.3. The molecular formula is C15H14Cl2N2O3S. The van der Waals surface area contributed by atoms with Crippen molar-refractivity contribution in [3.05, 3.63) is 58.1 Å². The molecule has 0 aliphatic heterocycles. The lowest BCUT2D eigenvalue weighted by atomic mass is 10.2. The Balaban J connectivity index is 2.33. The summed E-state index contributed by atoms with van der Waals surface area (Å²) in [6, 6.07) is 10.6. The molecule has 0 radical (unpaired) electrons. The number of amides is 1. The first kappa shape index (κ1) is 17.7. The van der Waals surface area contributed by atoms with Crippen LogP contribution in [0.2, 0.25) is 10.0 Å². The molecule has 2 aromatic carbocycles. The van der Waals surface area contributed by atoms with E-state index in [-0.39, 0.29) is 15.5 Å². The first-order valence-electron chi connectivity index (χ1n) is 6.51. The Labute approximate surface area is 144 Å². The first-order valence-corrected chi connectivity index (χ1v) is 8.71. The van der Waals surface area contributed by atoms with Crippen molar-refractivity contribution in [1.29, 1.82) is 0 Å². The molecule has 0 saturated carbocycles. The Bertz CT molecular complexity index is 852. The summed E-state index contributed by atoms with van der Waals surface area (Å²) in [5.41, 5.74) is 0.550. The van der Waals surface area contributed by atoms with Gasteiger partial charge in [0, 0.05) is 19.7 Å². The fraction of sp³-hybridized carbons (Fsp3) is 0.133. The third-order valence-corrected chi connectivity index (χ3v) is 5.70. The summed E-state index contributed by atoms with van der Waals surface area (Å²) in [6.07, 6.45) is 0. The van der Waals surface area contributed by atoms with Crippen LogP contribution in [0.25, 0.3) is 0 Å². The number of rotatable bonds is 4. The number of carbonyl (C=O) groups is 1. The van der Waals surface area contributed by atoms with Gasteiger partial charge in [0.1, 0.15) is 0 Å². The van der Waals surface area contributed by atoms with Crippen molar-refractivity contribution in [2.45, 2.75) is 4.90 Å². The SMILES string of the molecule is CN(C)S(=O)(=O)c1cccc(C(=O)Nc2cccc(Cl)c2Cl)c1. The van der Waals surface area contributed by atoms with E-state index in [1.807, 2.05) is 0 Å². The zero-order chi connectivity index (χ0) is 17.2. The minimum atomic E-state index is -3.61. The molecule has 122 valence electrons. The van der Waals surface area contributed by atoms with E-state index in [9.17, 15) is 13.2 Å². The molecule has 5 nitrogen and oxygen atoms in total. The van der Waals surface area contributed by atoms with Crippen molar-refractivity contribution >= 4 is 44.8 Å². The number of hydrogen-bond donors (Lipinski definition) is 1. The summed E-state index contributed by atoms with van der Waals surface area (Å²) >= 11 is 11.9. The van der Waals surface area contributed by atoms with Crippen molar-refractivity contribution in [2.24, 2.45) is 0 Å². The highest BCUT2D eigenvalue weighted by Gasteiger charge is 2.19. The van der Waals surface area contributed by atoms with Crippen molar-refractivity contribution in [3.8, 4) is 0 Å². The maximum Gasteiger partial charge on any atom is 0.255 e. The number of carbonyl (C=O) groups excluding carboxylic acids is 1. The maximum atomic E-state index is 12.3. The first-order chi connectivity index (χ1) is 10.7. The molecule has 8 heteroatoms. The molecule has 0 aliphatic carbocycles. The fourth-order valence-corrected chi connectivity index (χ4v) is 3.10. The lowest BCUT2D eigenvalue weighted by Crippen LogP contribution is -2.22. The van der Waals surface area contributed by atoms with Crippen LogP contribution in [0.5, 0.6) is 0 Å². The van der Waals surface area contributed by atoms with Gasteiger partial charge in [-0.1, -0.05) is 35.3 Å². The van der Waals surface area contributed by atoms with E-state index < -0.39 is 15.9 Å². The van der Waals surface area contributed by atoms with Crippen molar-refractivity contribution < 1.29 is 13.2 Å². The number of nitrogens with zero attached hydrogens (tertiary/aromatic N) is 1. The number of nitrogens with one attached hydrogen (secondary N) is 1. The molecule has 1 N–H and O–H groups in total. The molecule has 0 fully saturated rings. The largest absolute Gasteiger partial charge is 0.321 e. The van der Waals surface area contributed by atoms with Gasteiger partial charge in [0.2, 0.25) is 10.0 Å². The highest BCUT2D eigenvalue weighted by molar-refractivity contribution is 7.89. The van der Waals surface area contributed by atoms with Crippen LogP contribution >= 0.6 is 23.2 Å². The molecule has 0 aromatic heterocycles. The van der Waals surface area contributed by atoms with Gasteiger partial charge in [-0.25, -0.2) is 12.7 Å². The van der Waals surface area contributed by atoms with Crippen LogP contribution in [0.4, 0.5) is 5.69 Å². The third-order valence-electron chi connectivity index (χ3n) is 3.07. The third kappa shape index (κ3) is 3.84. The molecule has 0 saturated heterocycles. The van der Waals surface area contributed by atoms with Gasteiger partial charge < -0.3 is 5.32 Å². The van der Waals surface area contributed by atoms with Crippen molar-refractivity contribution in [3.63, 3.8) is 0 Å². The fourth-order valence-electron chi connectivity index (χ4n) is 1.80. The summed E-state index contributed by atoms with van der Waals surface area (Å²) in [5.74, 6) is -0.482. The molecule has 0 heterocycles. The Hall–Kier alpha value is -1.60. The normalized spacial score (nSPS) is 11.5. The summed E-state index contributed by atoms with van der Waals surface area (Å²) in [6.45, 7) is 0. The minimum Gasteiger partial charge on any atom is -0.321 e. The van der Waals surface area contributed by atoms with Gasteiger partial charge in [0.05, 0.1) is 20.6 Å². The molecule has 0 aliphatic rings. The van der Waals surface area contributed by atoms with Gasteiger partial charge in [-0.2, -0.15) is 0 Å². The Kier molecular flexibility index (Phi) is 5.31. The molecule has 0 bridgehead atoms. The summed E-state index contributed by atoms with van der Waals surface area (Å²) in [7, 11) is -0.766. The van der Waals surface area contributed by atoms with Gasteiger partial charge >= 0.3 is 0 Å². The zero-order valence-electron chi connectivity index (χ0n) is 12.4. The molecule has 0 atom stereocenters. The second-order valence-corrected chi connectivity index (χ2v) is 7.81. The van der Waals surface area contributed by atoms with E-state index >= 15 is 0 Å². The number of sulfonamides is 1. The van der Waals surface area contributed by atoms with Gasteiger partial charge in [0.15, 0.2) is 0 Å². The van der Waals surface area contributed by atoms with Crippen molar-refractivity contribution in [1.82, 2.24) is 4.31 Å². The standard InChI is InChI=1S/C15H14Cl2N2O3S/c1-19(2)23(21,22)11-6-3-5-10(9-11)15(20)18-13-8-4-7-12(16)14(13)17/h3-9H,1-2H3,(H,18,20). The molecule has 2 aromatic rings. The van der Waals surface area contributed by atoms with Crippen LogP contribution in [-0.4, -0.2) is 32.7 Å². The van der Waals surface area contributed by atoms with Crippen LogP contribution in [-0.2, 0) is 10.0 Å². The van der Waals surface area contributed by atoms with E-state index in [2.05, 4.69) is 5.32 Å². The van der Waals surface area contributed by atoms with E-state index in [1.165, 1.54) is 38.4 Å². The van der Waals surface area contributed by atoms with Crippen LogP contribution < -0.4 is 5.32 Å². The average molecular weight is 373 g/mol. The molecule has 23 heavy (non-hydrogen) atoms. The quantitative estimate of drug-likeness (QED) is 0.892. The topological polar surface area (TPSA) is 66.5 Å². The molecule has 0 spiro atoms. The lowest BCUT2D eigenvalue weighted by molar-refractivity contribution is 0.102. The molecule has 0 unspecified atom stereocenters. The van der Waals surface area contributed by atoms with Gasteiger partial charge in [-0.3, -0.25) is 4.79 Å². The summed E-state index contributed by atoms with van der Waals surface area (Å²) in [4.78, 5) is 12.3. The van der Waals surface area contributed by atoms with E-state index in [4.69, 9.17) is 23.2 Å². The molecule has 2 rings (SSSR count). The highest BCUT2D eigenvalue weighted by Crippen LogP contribution is 2.30. The monoisotopic (exact) mass is 372 g/mol. The van der Waals surface area contributed by atoms with Gasteiger partial charge in [-0.15, -0.1) is 0 Å². The van der Waals surface area contributed by atoms with Crippen molar-refractivity contribution in [2.75, 3.05) is 19.4 Å². The average Bonchev–Trinajstić information content (AvgIpc) is 2.51. The Morgan fingerprint density at radius 2 is 1.74 bits per heavy atom. The number of anilines is 1. The van der Waals surface area contributed by atoms with Gasteiger partial charge in [0.25, 0.3) is 5.91 Å². The highest BCUT2D eigenvalue weighted by atomic mass is 35.5. The second-order valence-electron chi connectivity index (χ2n) is 4.87. The second kappa shape index (κ2) is 6.88. The predicted octanol–water partition coefficient (Wildman–Crippen LogP) is 3.50. The van der Waals surface area contributed by atoms with Crippen LogP contribution in [0.1, 0.15) is 10.4 Å². The summed E-state index contributed by atoms with van der Waals surface area (Å²) < 4.78 is 25.3. The molecule has 1 amide bonds. The van der Waals surface area contributed by atoms with Gasteiger partial charge in [-0.05, 0) is 30.3 Å². The van der Waals surface area contributed by atoms with E-state index in [0.29, 0.717) is 10.7 Å². The Morgan fingerprint density at radius 3 is 2.39 bits per heavy atom. The van der Waals surface area contributed by atoms with E-state index in [1.54, 1.807) is 18.2 Å². The van der Waals surface area contributed by atoms with E-state index in [0.717, 1.165) is 4.31 Å².